The summed E-state index contributed by atoms with van der Waals surface area (Å²) in [5, 5.41) is 11.1. The van der Waals surface area contributed by atoms with Crippen molar-refractivity contribution in [2.45, 2.75) is 13.3 Å². The van der Waals surface area contributed by atoms with Crippen LogP contribution in [-0.2, 0) is 11.2 Å². The maximum absolute atomic E-state index is 12.7. The number of amides is 2. The van der Waals surface area contributed by atoms with Crippen LogP contribution in [0.4, 0.5) is 0 Å². The third-order valence-electron chi connectivity index (χ3n) is 4.01. The number of nitrogens with one attached hydrogen (secondary N) is 2. The van der Waals surface area contributed by atoms with Crippen molar-refractivity contribution in [3.8, 4) is 11.5 Å². The van der Waals surface area contributed by atoms with Crippen LogP contribution in [0.5, 0.6) is 11.5 Å². The van der Waals surface area contributed by atoms with Crippen LogP contribution in [0.15, 0.2) is 60.7 Å². The number of rotatable bonds is 5. The highest BCUT2D eigenvalue weighted by Crippen LogP contribution is 2.28. The number of hydrogen-bond donors (Lipinski definition) is 3. The van der Waals surface area contributed by atoms with E-state index in [0.29, 0.717) is 23.5 Å². The van der Waals surface area contributed by atoms with Crippen LogP contribution < -0.4 is 15.6 Å². The lowest BCUT2D eigenvalue weighted by Crippen LogP contribution is -2.42. The molecule has 6 heteroatoms. The lowest BCUT2D eigenvalue weighted by molar-refractivity contribution is -0.121. The molecule has 2 amide bonds. The van der Waals surface area contributed by atoms with Gasteiger partial charge < -0.3 is 9.84 Å². The van der Waals surface area contributed by atoms with E-state index in [1.165, 1.54) is 12.1 Å². The van der Waals surface area contributed by atoms with Gasteiger partial charge in [0.2, 0.25) is 5.91 Å². The van der Waals surface area contributed by atoms with Gasteiger partial charge in [-0.2, -0.15) is 0 Å². The van der Waals surface area contributed by atoms with E-state index in [0.717, 1.165) is 10.8 Å². The minimum Gasteiger partial charge on any atom is -0.508 e. The van der Waals surface area contributed by atoms with E-state index in [4.69, 9.17) is 4.74 Å². The standard InChI is InChI=1S/C21H20N2O4/c1-2-27-18-11-10-15-7-3-4-9-17(15)20(18)21(26)23-22-19(25)13-14-6-5-8-16(24)12-14/h3-12,24H,2,13H2,1H3,(H,22,25)(H,23,26). The van der Waals surface area contributed by atoms with E-state index in [-0.39, 0.29) is 12.2 Å². The Morgan fingerprint density at radius 2 is 1.81 bits per heavy atom. The molecule has 6 nitrogen and oxygen atoms in total. The lowest BCUT2D eigenvalue weighted by atomic mass is 10.0. The van der Waals surface area contributed by atoms with Gasteiger partial charge in [0, 0.05) is 0 Å². The average molecular weight is 364 g/mol. The number of phenolic OH excluding ortho intramolecular Hbond substituents is 1. The first-order valence-corrected chi connectivity index (χ1v) is 8.60. The summed E-state index contributed by atoms with van der Waals surface area (Å²) >= 11 is 0. The molecular weight excluding hydrogens is 344 g/mol. The maximum Gasteiger partial charge on any atom is 0.274 e. The number of hydrogen-bond acceptors (Lipinski definition) is 4. The van der Waals surface area contributed by atoms with Gasteiger partial charge in [-0.1, -0.05) is 42.5 Å². The Kier molecular flexibility index (Phi) is 5.56. The van der Waals surface area contributed by atoms with Crippen LogP contribution in [0.1, 0.15) is 22.8 Å². The zero-order valence-corrected chi connectivity index (χ0v) is 14.9. The summed E-state index contributed by atoms with van der Waals surface area (Å²) < 4.78 is 5.58. The van der Waals surface area contributed by atoms with E-state index in [1.807, 2.05) is 37.3 Å². The molecule has 0 aliphatic carbocycles. The van der Waals surface area contributed by atoms with Gasteiger partial charge in [0.1, 0.15) is 11.5 Å². The molecule has 0 atom stereocenters. The number of benzene rings is 3. The van der Waals surface area contributed by atoms with E-state index in [1.54, 1.807) is 18.2 Å². The zero-order chi connectivity index (χ0) is 19.2. The van der Waals surface area contributed by atoms with Gasteiger partial charge in [-0.15, -0.1) is 0 Å². The summed E-state index contributed by atoms with van der Waals surface area (Å²) in [6.45, 7) is 2.26. The summed E-state index contributed by atoms with van der Waals surface area (Å²) in [5.74, 6) is -0.316. The predicted molar refractivity (Wildman–Crippen MR) is 103 cm³/mol. The molecular formula is C21H20N2O4. The highest BCUT2D eigenvalue weighted by Gasteiger charge is 2.17. The fourth-order valence-electron chi connectivity index (χ4n) is 2.85. The highest BCUT2D eigenvalue weighted by molar-refractivity contribution is 6.09. The van der Waals surface area contributed by atoms with Gasteiger partial charge in [0.15, 0.2) is 0 Å². The molecule has 0 bridgehead atoms. The second-order valence-electron chi connectivity index (χ2n) is 5.94. The number of fused-ring (bicyclic) bond motifs is 1. The normalized spacial score (nSPS) is 10.4. The molecule has 3 aromatic rings. The minimum atomic E-state index is -0.459. The Labute approximate surface area is 156 Å². The van der Waals surface area contributed by atoms with Crippen molar-refractivity contribution >= 4 is 22.6 Å². The monoisotopic (exact) mass is 364 g/mol. The summed E-state index contributed by atoms with van der Waals surface area (Å²) in [6, 6.07) is 17.5. The van der Waals surface area contributed by atoms with Gasteiger partial charge in [-0.25, -0.2) is 0 Å². The second kappa shape index (κ2) is 8.23. The highest BCUT2D eigenvalue weighted by atomic mass is 16.5. The number of carbonyl (C=O) groups is 2. The Bertz CT molecular complexity index is 985. The Hall–Kier alpha value is -3.54. The second-order valence-corrected chi connectivity index (χ2v) is 5.94. The van der Waals surface area contributed by atoms with Crippen molar-refractivity contribution in [3.05, 3.63) is 71.8 Å². The van der Waals surface area contributed by atoms with Crippen LogP contribution in [0.2, 0.25) is 0 Å². The summed E-state index contributed by atoms with van der Waals surface area (Å²) in [6.07, 6.45) is 0.0303. The zero-order valence-electron chi connectivity index (χ0n) is 14.9. The predicted octanol–water partition coefficient (Wildman–Crippen LogP) is 2.95. The van der Waals surface area contributed by atoms with Crippen LogP contribution >= 0.6 is 0 Å². The molecule has 138 valence electrons. The Morgan fingerprint density at radius 3 is 2.59 bits per heavy atom. The van der Waals surface area contributed by atoms with Crippen molar-refractivity contribution in [3.63, 3.8) is 0 Å². The van der Waals surface area contributed by atoms with E-state index >= 15 is 0 Å². The smallest absolute Gasteiger partial charge is 0.274 e. The Morgan fingerprint density at radius 1 is 1.00 bits per heavy atom. The Balaban J connectivity index is 1.75. The molecule has 0 fully saturated rings. The largest absolute Gasteiger partial charge is 0.508 e. The quantitative estimate of drug-likeness (QED) is 0.608. The fourth-order valence-corrected chi connectivity index (χ4v) is 2.85. The number of carbonyl (C=O) groups excluding carboxylic acids is 2. The first kappa shape index (κ1) is 18.3. The average Bonchev–Trinajstić information content (AvgIpc) is 2.66. The van der Waals surface area contributed by atoms with Gasteiger partial charge in [0.25, 0.3) is 5.91 Å². The van der Waals surface area contributed by atoms with E-state index in [2.05, 4.69) is 10.9 Å². The number of aromatic hydroxyl groups is 1. The number of phenols is 1. The molecule has 0 saturated heterocycles. The first-order valence-electron chi connectivity index (χ1n) is 8.60. The lowest BCUT2D eigenvalue weighted by Gasteiger charge is -2.14. The molecule has 3 aromatic carbocycles. The van der Waals surface area contributed by atoms with Crippen LogP contribution in [0, 0.1) is 0 Å². The fraction of sp³-hybridized carbons (Fsp3) is 0.143. The topological polar surface area (TPSA) is 87.7 Å². The molecule has 0 aromatic heterocycles. The van der Waals surface area contributed by atoms with Crippen molar-refractivity contribution in [1.82, 2.24) is 10.9 Å². The van der Waals surface area contributed by atoms with Crippen molar-refractivity contribution in [1.29, 1.82) is 0 Å². The van der Waals surface area contributed by atoms with Crippen molar-refractivity contribution in [2.24, 2.45) is 0 Å². The third-order valence-corrected chi connectivity index (χ3v) is 4.01. The summed E-state index contributed by atoms with van der Waals surface area (Å²) in [7, 11) is 0. The number of ether oxygens (including phenoxy) is 1. The minimum absolute atomic E-state index is 0.0303. The molecule has 0 radical (unpaired) electrons. The van der Waals surface area contributed by atoms with Gasteiger partial charge >= 0.3 is 0 Å². The summed E-state index contributed by atoms with van der Waals surface area (Å²) in [5.41, 5.74) is 5.86. The van der Waals surface area contributed by atoms with Gasteiger partial charge in [-0.05, 0) is 41.5 Å². The van der Waals surface area contributed by atoms with Gasteiger partial charge in [0.05, 0.1) is 18.6 Å². The van der Waals surface area contributed by atoms with Gasteiger partial charge in [-0.3, -0.25) is 20.4 Å². The summed E-state index contributed by atoms with van der Waals surface area (Å²) in [4.78, 5) is 24.8. The molecule has 3 rings (SSSR count). The number of hydrazine groups is 1. The SMILES string of the molecule is CCOc1ccc2ccccc2c1C(=O)NNC(=O)Cc1cccc(O)c1. The van der Waals surface area contributed by atoms with Crippen LogP contribution in [0.25, 0.3) is 10.8 Å². The van der Waals surface area contributed by atoms with Crippen LogP contribution in [-0.4, -0.2) is 23.5 Å². The van der Waals surface area contributed by atoms with Crippen LogP contribution in [0.3, 0.4) is 0 Å². The molecule has 0 unspecified atom stereocenters. The van der Waals surface area contributed by atoms with E-state index in [9.17, 15) is 14.7 Å². The molecule has 27 heavy (non-hydrogen) atoms. The molecule has 0 aliphatic heterocycles. The molecule has 3 N–H and O–H groups in total. The maximum atomic E-state index is 12.7. The molecule has 0 saturated carbocycles. The van der Waals surface area contributed by atoms with Crippen molar-refractivity contribution < 1.29 is 19.4 Å². The van der Waals surface area contributed by atoms with Crippen molar-refractivity contribution in [2.75, 3.05) is 6.61 Å². The molecule has 0 heterocycles. The first-order chi connectivity index (χ1) is 13.1. The molecule has 0 spiro atoms. The third kappa shape index (κ3) is 4.36. The molecule has 0 aliphatic rings. The van der Waals surface area contributed by atoms with E-state index < -0.39 is 11.8 Å².